The van der Waals surface area contributed by atoms with Gasteiger partial charge in [-0.25, -0.2) is 0 Å². The summed E-state index contributed by atoms with van der Waals surface area (Å²) < 4.78 is 10.5. The predicted octanol–water partition coefficient (Wildman–Crippen LogP) is 1.60. The Hall–Kier alpha value is -0.160. The van der Waals surface area contributed by atoms with Crippen molar-refractivity contribution in [2.75, 3.05) is 47.1 Å². The topological polar surface area (TPSA) is 33.7 Å². The zero-order valence-electron chi connectivity index (χ0n) is 13.0. The average Bonchev–Trinajstić information content (AvgIpc) is 2.28. The number of rotatable bonds is 11. The molecular weight excluding hydrogens is 228 g/mol. The van der Waals surface area contributed by atoms with Crippen LogP contribution in [0.1, 0.15) is 27.7 Å². The lowest BCUT2D eigenvalue weighted by Gasteiger charge is -2.34. The molecule has 0 rings (SSSR count). The van der Waals surface area contributed by atoms with Crippen LogP contribution >= 0.6 is 0 Å². The third-order valence-corrected chi connectivity index (χ3v) is 2.98. The molecule has 0 spiro atoms. The minimum absolute atomic E-state index is 0.406. The first-order valence-corrected chi connectivity index (χ1v) is 6.97. The lowest BCUT2D eigenvalue weighted by Crippen LogP contribution is -2.50. The first-order valence-electron chi connectivity index (χ1n) is 6.97. The maximum atomic E-state index is 5.35. The fourth-order valence-electron chi connectivity index (χ4n) is 2.06. The van der Waals surface area contributed by atoms with E-state index in [-0.39, 0.29) is 0 Å². The first-order chi connectivity index (χ1) is 8.52. The fourth-order valence-corrected chi connectivity index (χ4v) is 2.06. The summed E-state index contributed by atoms with van der Waals surface area (Å²) >= 11 is 0. The number of hydrogen-bond acceptors (Lipinski definition) is 4. The summed E-state index contributed by atoms with van der Waals surface area (Å²) in [6.45, 7) is 13.4. The van der Waals surface area contributed by atoms with Crippen LogP contribution in [0, 0.1) is 5.92 Å². The second-order valence-corrected chi connectivity index (χ2v) is 5.49. The molecule has 0 saturated heterocycles. The molecular formula is C14H32N2O2. The van der Waals surface area contributed by atoms with Crippen LogP contribution in [0.3, 0.4) is 0 Å². The lowest BCUT2D eigenvalue weighted by molar-refractivity contribution is 0.0482. The maximum Gasteiger partial charge on any atom is 0.0630 e. The lowest BCUT2D eigenvalue weighted by atomic mass is 10.1. The van der Waals surface area contributed by atoms with Crippen LogP contribution in [-0.2, 0) is 9.47 Å². The molecule has 110 valence electrons. The van der Waals surface area contributed by atoms with Crippen molar-refractivity contribution in [2.45, 2.75) is 39.8 Å². The monoisotopic (exact) mass is 260 g/mol. The van der Waals surface area contributed by atoms with E-state index in [9.17, 15) is 0 Å². The Morgan fingerprint density at radius 1 is 1.00 bits per heavy atom. The SMILES string of the molecule is COCCN(C(C)C)C(CNCC(C)C)COC. The molecule has 0 saturated carbocycles. The highest BCUT2D eigenvalue weighted by molar-refractivity contribution is 4.77. The highest BCUT2D eigenvalue weighted by atomic mass is 16.5. The zero-order chi connectivity index (χ0) is 14.0. The van der Waals surface area contributed by atoms with Gasteiger partial charge in [-0.15, -0.1) is 0 Å². The normalized spacial score (nSPS) is 13.8. The second-order valence-electron chi connectivity index (χ2n) is 5.49. The van der Waals surface area contributed by atoms with E-state index in [1.165, 1.54) is 0 Å². The molecule has 1 atom stereocenters. The Kier molecular flexibility index (Phi) is 10.6. The van der Waals surface area contributed by atoms with Crippen molar-refractivity contribution in [3.63, 3.8) is 0 Å². The molecule has 0 aromatic rings. The molecule has 1 unspecified atom stereocenters. The summed E-state index contributed by atoms with van der Waals surface area (Å²) in [5.74, 6) is 0.680. The Morgan fingerprint density at radius 2 is 1.67 bits per heavy atom. The van der Waals surface area contributed by atoms with Crippen molar-refractivity contribution in [3.8, 4) is 0 Å². The van der Waals surface area contributed by atoms with E-state index >= 15 is 0 Å². The standard InChI is InChI=1S/C14H32N2O2/c1-12(2)9-15-10-14(11-18-6)16(13(3)4)7-8-17-5/h12-15H,7-11H2,1-6H3. The van der Waals surface area contributed by atoms with Gasteiger partial charge in [0.15, 0.2) is 0 Å². The van der Waals surface area contributed by atoms with Crippen molar-refractivity contribution < 1.29 is 9.47 Å². The molecule has 0 fully saturated rings. The van der Waals surface area contributed by atoms with Crippen molar-refractivity contribution >= 4 is 0 Å². The summed E-state index contributed by atoms with van der Waals surface area (Å²) in [6, 6.07) is 0.907. The van der Waals surface area contributed by atoms with Crippen LogP contribution in [0.15, 0.2) is 0 Å². The van der Waals surface area contributed by atoms with Crippen molar-refractivity contribution in [3.05, 3.63) is 0 Å². The van der Waals surface area contributed by atoms with E-state index in [4.69, 9.17) is 9.47 Å². The molecule has 0 aliphatic rings. The van der Waals surface area contributed by atoms with E-state index < -0.39 is 0 Å². The van der Waals surface area contributed by atoms with Crippen molar-refractivity contribution in [1.29, 1.82) is 0 Å². The van der Waals surface area contributed by atoms with Gasteiger partial charge in [-0.3, -0.25) is 4.90 Å². The van der Waals surface area contributed by atoms with Gasteiger partial charge in [0.25, 0.3) is 0 Å². The molecule has 4 heteroatoms. The van der Waals surface area contributed by atoms with E-state index in [1.807, 2.05) is 0 Å². The summed E-state index contributed by atoms with van der Waals surface area (Å²) in [5, 5.41) is 3.52. The summed E-state index contributed by atoms with van der Waals surface area (Å²) in [6.07, 6.45) is 0. The molecule has 0 heterocycles. The van der Waals surface area contributed by atoms with Gasteiger partial charge in [-0.1, -0.05) is 13.8 Å². The Morgan fingerprint density at radius 3 is 2.11 bits per heavy atom. The van der Waals surface area contributed by atoms with E-state index in [1.54, 1.807) is 14.2 Å². The Labute approximate surface area is 113 Å². The van der Waals surface area contributed by atoms with Crippen LogP contribution in [0.2, 0.25) is 0 Å². The third kappa shape index (κ3) is 8.03. The molecule has 18 heavy (non-hydrogen) atoms. The highest BCUT2D eigenvalue weighted by Gasteiger charge is 2.20. The van der Waals surface area contributed by atoms with Gasteiger partial charge in [0.05, 0.1) is 13.2 Å². The molecule has 0 amide bonds. The van der Waals surface area contributed by atoms with Crippen LogP contribution in [0.25, 0.3) is 0 Å². The number of hydrogen-bond donors (Lipinski definition) is 1. The molecule has 4 nitrogen and oxygen atoms in total. The van der Waals surface area contributed by atoms with Crippen molar-refractivity contribution in [1.82, 2.24) is 10.2 Å². The highest BCUT2D eigenvalue weighted by Crippen LogP contribution is 2.06. The number of nitrogens with zero attached hydrogens (tertiary/aromatic N) is 1. The van der Waals surface area contributed by atoms with Gasteiger partial charge in [0.1, 0.15) is 0 Å². The van der Waals surface area contributed by atoms with Crippen LogP contribution in [0.5, 0.6) is 0 Å². The number of ether oxygens (including phenoxy) is 2. The van der Waals surface area contributed by atoms with Gasteiger partial charge in [-0.05, 0) is 26.3 Å². The Balaban J connectivity index is 4.29. The van der Waals surface area contributed by atoms with Crippen LogP contribution < -0.4 is 5.32 Å². The summed E-state index contributed by atoms with van der Waals surface area (Å²) in [5.41, 5.74) is 0. The fraction of sp³-hybridized carbons (Fsp3) is 1.00. The van der Waals surface area contributed by atoms with E-state index in [0.29, 0.717) is 18.0 Å². The first kappa shape index (κ1) is 17.8. The molecule has 0 radical (unpaired) electrons. The summed E-state index contributed by atoms with van der Waals surface area (Å²) in [4.78, 5) is 2.44. The van der Waals surface area contributed by atoms with E-state index in [0.717, 1.165) is 32.8 Å². The Bertz CT molecular complexity index is 187. The molecule has 0 aromatic carbocycles. The number of methoxy groups -OCH3 is 2. The molecule has 0 bridgehead atoms. The minimum atomic E-state index is 0.406. The van der Waals surface area contributed by atoms with Gasteiger partial charge in [0.2, 0.25) is 0 Å². The minimum Gasteiger partial charge on any atom is -0.383 e. The molecule has 1 N–H and O–H groups in total. The quantitative estimate of drug-likeness (QED) is 0.612. The third-order valence-electron chi connectivity index (χ3n) is 2.98. The molecule has 0 aliphatic heterocycles. The number of nitrogens with one attached hydrogen (secondary N) is 1. The van der Waals surface area contributed by atoms with Gasteiger partial charge in [-0.2, -0.15) is 0 Å². The smallest absolute Gasteiger partial charge is 0.0630 e. The van der Waals surface area contributed by atoms with Crippen molar-refractivity contribution in [2.24, 2.45) is 5.92 Å². The van der Waals surface area contributed by atoms with Crippen LogP contribution in [-0.4, -0.2) is 64.1 Å². The second kappa shape index (κ2) is 10.7. The average molecular weight is 260 g/mol. The van der Waals surface area contributed by atoms with Gasteiger partial charge >= 0.3 is 0 Å². The predicted molar refractivity (Wildman–Crippen MR) is 77.1 cm³/mol. The molecule has 0 aliphatic carbocycles. The largest absolute Gasteiger partial charge is 0.383 e. The van der Waals surface area contributed by atoms with Gasteiger partial charge < -0.3 is 14.8 Å². The van der Waals surface area contributed by atoms with Crippen LogP contribution in [0.4, 0.5) is 0 Å². The zero-order valence-corrected chi connectivity index (χ0v) is 13.0. The maximum absolute atomic E-state index is 5.35. The van der Waals surface area contributed by atoms with Gasteiger partial charge in [0, 0.05) is 39.4 Å². The molecule has 0 aromatic heterocycles. The summed E-state index contributed by atoms with van der Waals surface area (Å²) in [7, 11) is 3.52. The van der Waals surface area contributed by atoms with E-state index in [2.05, 4.69) is 37.9 Å².